The molecule has 144 valence electrons. The van der Waals surface area contributed by atoms with Gasteiger partial charge in [-0.2, -0.15) is 0 Å². The maximum absolute atomic E-state index is 3.63. The lowest BCUT2D eigenvalue weighted by Gasteiger charge is -2.20. The molecular weight excluding hydrogens is 350 g/mol. The molecule has 0 aliphatic carbocycles. The van der Waals surface area contributed by atoms with E-state index in [0.29, 0.717) is 0 Å². The molecule has 0 unspecified atom stereocenters. The van der Waals surface area contributed by atoms with Crippen LogP contribution in [0.25, 0.3) is 22.3 Å². The maximum atomic E-state index is 3.63. The van der Waals surface area contributed by atoms with Crippen molar-refractivity contribution in [1.82, 2.24) is 0 Å². The predicted octanol–water partition coefficient (Wildman–Crippen LogP) is 8.06. The highest BCUT2D eigenvalue weighted by molar-refractivity contribution is 5.85. The summed E-state index contributed by atoms with van der Waals surface area (Å²) >= 11 is 0. The third-order valence-electron chi connectivity index (χ3n) is 5.24. The summed E-state index contributed by atoms with van der Waals surface area (Å²) in [7, 11) is 0. The molecule has 29 heavy (non-hydrogen) atoms. The molecule has 4 rings (SSSR count). The van der Waals surface area contributed by atoms with Gasteiger partial charge in [0, 0.05) is 16.9 Å². The van der Waals surface area contributed by atoms with Gasteiger partial charge in [0.25, 0.3) is 0 Å². The van der Waals surface area contributed by atoms with E-state index in [9.17, 15) is 0 Å². The van der Waals surface area contributed by atoms with Crippen molar-refractivity contribution in [1.29, 1.82) is 0 Å². The average molecular weight is 378 g/mol. The molecule has 0 atom stereocenters. The Morgan fingerprint density at radius 1 is 0.552 bits per heavy atom. The largest absolute Gasteiger partial charge is 0.355 e. The summed E-state index contributed by atoms with van der Waals surface area (Å²) < 4.78 is 0. The lowest BCUT2D eigenvalue weighted by Crippen LogP contribution is -2.10. The van der Waals surface area contributed by atoms with Crippen LogP contribution in [0.5, 0.6) is 0 Å². The molecule has 0 aliphatic heterocycles. The Labute approximate surface area is 174 Å². The number of hydrogen-bond acceptors (Lipinski definition) is 1. The van der Waals surface area contributed by atoms with E-state index in [1.54, 1.807) is 0 Å². The summed E-state index contributed by atoms with van der Waals surface area (Å²) in [4.78, 5) is 0. The van der Waals surface area contributed by atoms with Gasteiger partial charge < -0.3 is 5.32 Å². The second-order valence-electron chi connectivity index (χ2n) is 8.44. The van der Waals surface area contributed by atoms with Crippen molar-refractivity contribution >= 4 is 11.4 Å². The fourth-order valence-corrected chi connectivity index (χ4v) is 3.53. The molecule has 1 N–H and O–H groups in total. The zero-order chi connectivity index (χ0) is 20.3. The van der Waals surface area contributed by atoms with Crippen LogP contribution in [0.1, 0.15) is 26.3 Å². The summed E-state index contributed by atoms with van der Waals surface area (Å²) in [6.07, 6.45) is 0. The Kier molecular flexibility index (Phi) is 5.22. The summed E-state index contributed by atoms with van der Waals surface area (Å²) in [5, 5.41) is 3.63. The maximum Gasteiger partial charge on any atom is 0.0464 e. The Bertz CT molecular complexity index is 1070. The number of anilines is 2. The molecular formula is C28H27N. The molecule has 0 fully saturated rings. The van der Waals surface area contributed by atoms with Gasteiger partial charge in [0.1, 0.15) is 0 Å². The lowest BCUT2D eigenvalue weighted by atomic mass is 9.87. The molecule has 1 nitrogen and oxygen atoms in total. The quantitative estimate of drug-likeness (QED) is 0.379. The molecule has 4 aromatic rings. The number of hydrogen-bond donors (Lipinski definition) is 1. The lowest BCUT2D eigenvalue weighted by molar-refractivity contribution is 0.590. The smallest absolute Gasteiger partial charge is 0.0464 e. The van der Waals surface area contributed by atoms with E-state index >= 15 is 0 Å². The van der Waals surface area contributed by atoms with Crippen molar-refractivity contribution in [3.05, 3.63) is 109 Å². The predicted molar refractivity (Wildman–Crippen MR) is 126 cm³/mol. The Hall–Kier alpha value is -3.32. The first-order valence-corrected chi connectivity index (χ1v) is 10.1. The van der Waals surface area contributed by atoms with E-state index in [0.717, 1.165) is 11.4 Å². The minimum Gasteiger partial charge on any atom is -0.355 e. The van der Waals surface area contributed by atoms with Crippen LogP contribution in [-0.4, -0.2) is 0 Å². The third-order valence-corrected chi connectivity index (χ3v) is 5.24. The Morgan fingerprint density at radius 2 is 1.14 bits per heavy atom. The minimum absolute atomic E-state index is 0.158. The van der Waals surface area contributed by atoms with Gasteiger partial charge >= 0.3 is 0 Å². The first-order chi connectivity index (χ1) is 14.0. The SMILES string of the molecule is CC(C)(C)c1ccc(Nc2ccc(-c3ccccc3)cc2-c2ccccc2)cc1. The van der Waals surface area contributed by atoms with Crippen LogP contribution in [0.3, 0.4) is 0 Å². The highest BCUT2D eigenvalue weighted by Gasteiger charge is 2.13. The highest BCUT2D eigenvalue weighted by atomic mass is 14.9. The van der Waals surface area contributed by atoms with E-state index in [2.05, 4.69) is 129 Å². The molecule has 4 aromatic carbocycles. The van der Waals surface area contributed by atoms with Crippen molar-refractivity contribution in [2.45, 2.75) is 26.2 Å². The second kappa shape index (κ2) is 7.97. The summed E-state index contributed by atoms with van der Waals surface area (Å²) in [6, 6.07) is 36.5. The van der Waals surface area contributed by atoms with Gasteiger partial charge in [-0.05, 0) is 51.9 Å². The molecule has 0 spiro atoms. The fraction of sp³-hybridized carbons (Fsp3) is 0.143. The van der Waals surface area contributed by atoms with Gasteiger partial charge in [0.05, 0.1) is 0 Å². The van der Waals surface area contributed by atoms with Crippen molar-refractivity contribution in [2.24, 2.45) is 0 Å². The number of nitrogens with one attached hydrogen (secondary N) is 1. The average Bonchev–Trinajstić information content (AvgIpc) is 2.75. The molecule has 0 aliphatic rings. The third kappa shape index (κ3) is 4.41. The molecule has 0 saturated heterocycles. The van der Waals surface area contributed by atoms with Crippen LogP contribution in [0.15, 0.2) is 103 Å². The zero-order valence-corrected chi connectivity index (χ0v) is 17.3. The summed E-state index contributed by atoms with van der Waals surface area (Å²) in [5.74, 6) is 0. The van der Waals surface area contributed by atoms with Gasteiger partial charge in [-0.15, -0.1) is 0 Å². The van der Waals surface area contributed by atoms with Crippen molar-refractivity contribution in [3.63, 3.8) is 0 Å². The molecule has 0 bridgehead atoms. The minimum atomic E-state index is 0.158. The van der Waals surface area contributed by atoms with Gasteiger partial charge in [0.2, 0.25) is 0 Å². The van der Waals surface area contributed by atoms with Crippen LogP contribution >= 0.6 is 0 Å². The van der Waals surface area contributed by atoms with Crippen LogP contribution in [0.4, 0.5) is 11.4 Å². The molecule has 0 saturated carbocycles. The van der Waals surface area contributed by atoms with Crippen molar-refractivity contribution in [2.75, 3.05) is 5.32 Å². The van der Waals surface area contributed by atoms with E-state index in [4.69, 9.17) is 0 Å². The summed E-state index contributed by atoms with van der Waals surface area (Å²) in [5.41, 5.74) is 8.56. The van der Waals surface area contributed by atoms with Gasteiger partial charge in [-0.25, -0.2) is 0 Å². The van der Waals surface area contributed by atoms with Crippen LogP contribution in [-0.2, 0) is 5.41 Å². The normalized spacial score (nSPS) is 11.3. The topological polar surface area (TPSA) is 12.0 Å². The molecule has 0 aromatic heterocycles. The number of rotatable bonds is 4. The molecule has 0 radical (unpaired) electrons. The van der Waals surface area contributed by atoms with E-state index in [-0.39, 0.29) is 5.41 Å². The van der Waals surface area contributed by atoms with Gasteiger partial charge in [-0.3, -0.25) is 0 Å². The van der Waals surface area contributed by atoms with E-state index < -0.39 is 0 Å². The van der Waals surface area contributed by atoms with E-state index in [1.165, 1.54) is 27.8 Å². The van der Waals surface area contributed by atoms with E-state index in [1.807, 2.05) is 0 Å². The molecule has 0 amide bonds. The standard InChI is InChI=1S/C28H27N/c1-28(2,3)24-15-17-25(18-16-24)29-27-19-14-23(21-10-6-4-7-11-21)20-26(27)22-12-8-5-9-13-22/h4-20,29H,1-3H3. The van der Waals surface area contributed by atoms with Gasteiger partial charge in [0.15, 0.2) is 0 Å². The fourth-order valence-electron chi connectivity index (χ4n) is 3.53. The molecule has 0 heterocycles. The van der Waals surface area contributed by atoms with Crippen LogP contribution in [0.2, 0.25) is 0 Å². The van der Waals surface area contributed by atoms with Crippen molar-refractivity contribution in [3.8, 4) is 22.3 Å². The second-order valence-corrected chi connectivity index (χ2v) is 8.44. The van der Waals surface area contributed by atoms with Gasteiger partial charge in [-0.1, -0.05) is 99.6 Å². The van der Waals surface area contributed by atoms with Crippen LogP contribution in [0, 0.1) is 0 Å². The zero-order valence-electron chi connectivity index (χ0n) is 17.3. The van der Waals surface area contributed by atoms with Crippen molar-refractivity contribution < 1.29 is 0 Å². The Balaban J connectivity index is 1.73. The molecule has 1 heteroatoms. The first-order valence-electron chi connectivity index (χ1n) is 10.1. The van der Waals surface area contributed by atoms with Crippen LogP contribution < -0.4 is 5.32 Å². The number of benzene rings is 4. The first kappa shape index (κ1) is 19.0. The summed E-state index contributed by atoms with van der Waals surface area (Å²) in [6.45, 7) is 6.72. The Morgan fingerprint density at radius 3 is 1.72 bits per heavy atom. The monoisotopic (exact) mass is 377 g/mol. The highest BCUT2D eigenvalue weighted by Crippen LogP contribution is 2.35.